The second-order valence-corrected chi connectivity index (χ2v) is 9.31. The monoisotopic (exact) mass is 442 g/mol. The maximum atomic E-state index is 12.8. The molecule has 0 N–H and O–H groups in total. The van der Waals surface area contributed by atoms with Gasteiger partial charge in [-0.2, -0.15) is 0 Å². The normalized spacial score (nSPS) is 13.4. The number of hydrogen-bond acceptors (Lipinski definition) is 7. The van der Waals surface area contributed by atoms with E-state index in [0.717, 1.165) is 10.1 Å². The van der Waals surface area contributed by atoms with E-state index in [1.807, 2.05) is 0 Å². The number of carbonyl (C=O) groups is 1. The number of nitro groups is 1. The van der Waals surface area contributed by atoms with Gasteiger partial charge in [-0.1, -0.05) is 0 Å². The molecule has 160 valence electrons. The van der Waals surface area contributed by atoms with Gasteiger partial charge in [0.2, 0.25) is 10.0 Å². The summed E-state index contributed by atoms with van der Waals surface area (Å²) in [6.45, 7) is 1.66. The zero-order valence-electron chi connectivity index (χ0n) is 16.5. The molecule has 0 amide bonds. The van der Waals surface area contributed by atoms with Crippen LogP contribution in [-0.2, 0) is 23.0 Å². The van der Waals surface area contributed by atoms with Crippen molar-refractivity contribution in [1.29, 1.82) is 0 Å². The van der Waals surface area contributed by atoms with Crippen LogP contribution < -0.4 is 9.86 Å². The summed E-state index contributed by atoms with van der Waals surface area (Å²) < 4.78 is 26.9. The average molecular weight is 442 g/mol. The number of Topliss-reactive ketones (excluding diaryl/α,β-unsaturated/α-hetero) is 1. The van der Waals surface area contributed by atoms with Gasteiger partial charge in [-0.25, -0.2) is 13.4 Å². The van der Waals surface area contributed by atoms with Crippen LogP contribution in [0.25, 0.3) is 10.9 Å². The van der Waals surface area contributed by atoms with Crippen LogP contribution in [0.5, 0.6) is 0 Å². The third kappa shape index (κ3) is 3.67. The summed E-state index contributed by atoms with van der Waals surface area (Å²) in [7, 11) is -3.38. The van der Waals surface area contributed by atoms with Crippen LogP contribution in [0, 0.1) is 10.1 Å². The van der Waals surface area contributed by atoms with Crippen molar-refractivity contribution in [3.8, 4) is 0 Å². The van der Waals surface area contributed by atoms with E-state index >= 15 is 0 Å². The SMILES string of the molecule is CCS(=O)(=O)N1CCc2cc(C(=O)Cn3cnc4cc([N+](=O)[O-])ccc4c3=O)ccc21. The summed E-state index contributed by atoms with van der Waals surface area (Å²) in [6, 6.07) is 8.57. The molecule has 31 heavy (non-hydrogen) atoms. The van der Waals surface area contributed by atoms with Crippen LogP contribution in [0.3, 0.4) is 0 Å². The number of hydrogen-bond donors (Lipinski definition) is 0. The van der Waals surface area contributed by atoms with Crippen LogP contribution >= 0.6 is 0 Å². The van der Waals surface area contributed by atoms with E-state index in [9.17, 15) is 28.1 Å². The minimum Gasteiger partial charge on any atom is -0.292 e. The first kappa shape index (κ1) is 20.7. The minimum atomic E-state index is -3.38. The molecule has 11 heteroatoms. The fourth-order valence-corrected chi connectivity index (χ4v) is 4.77. The van der Waals surface area contributed by atoms with Gasteiger partial charge in [-0.15, -0.1) is 0 Å². The molecular formula is C20H18N4O6S. The Kier molecular flexibility index (Phi) is 5.05. The third-order valence-corrected chi connectivity index (χ3v) is 7.07. The Morgan fingerprint density at radius 3 is 2.71 bits per heavy atom. The Balaban J connectivity index is 1.61. The van der Waals surface area contributed by atoms with E-state index < -0.39 is 20.5 Å². The molecule has 0 unspecified atom stereocenters. The van der Waals surface area contributed by atoms with Crippen molar-refractivity contribution in [2.45, 2.75) is 19.9 Å². The summed E-state index contributed by atoms with van der Waals surface area (Å²) in [4.78, 5) is 39.8. The highest BCUT2D eigenvalue weighted by atomic mass is 32.2. The van der Waals surface area contributed by atoms with Crippen molar-refractivity contribution in [2.24, 2.45) is 0 Å². The van der Waals surface area contributed by atoms with Gasteiger partial charge in [0, 0.05) is 24.2 Å². The van der Waals surface area contributed by atoms with Gasteiger partial charge in [0.25, 0.3) is 11.2 Å². The Morgan fingerprint density at radius 1 is 1.23 bits per heavy atom. The summed E-state index contributed by atoms with van der Waals surface area (Å²) in [5.74, 6) is -0.335. The van der Waals surface area contributed by atoms with Crippen molar-refractivity contribution in [2.75, 3.05) is 16.6 Å². The Bertz CT molecular complexity index is 1400. The Labute approximate surface area is 176 Å². The van der Waals surface area contributed by atoms with Gasteiger partial charge in [-0.05, 0) is 43.2 Å². The highest BCUT2D eigenvalue weighted by Crippen LogP contribution is 2.31. The van der Waals surface area contributed by atoms with Gasteiger partial charge < -0.3 is 0 Å². The molecule has 10 nitrogen and oxygen atoms in total. The molecule has 2 aromatic carbocycles. The fourth-order valence-electron chi connectivity index (χ4n) is 3.61. The van der Waals surface area contributed by atoms with Crippen molar-refractivity contribution < 1.29 is 18.1 Å². The first-order valence-electron chi connectivity index (χ1n) is 9.51. The number of aromatic nitrogens is 2. The molecule has 0 saturated carbocycles. The predicted molar refractivity (Wildman–Crippen MR) is 114 cm³/mol. The molecule has 1 aliphatic heterocycles. The second kappa shape index (κ2) is 7.58. The Hall–Kier alpha value is -3.60. The molecule has 0 aliphatic carbocycles. The number of non-ortho nitro benzene ring substituents is 1. The van der Waals surface area contributed by atoms with Gasteiger partial charge in [-0.3, -0.25) is 28.6 Å². The van der Waals surface area contributed by atoms with Crippen molar-refractivity contribution in [3.63, 3.8) is 0 Å². The first-order chi connectivity index (χ1) is 14.7. The van der Waals surface area contributed by atoms with Crippen LogP contribution in [-0.4, -0.2) is 41.0 Å². The second-order valence-electron chi connectivity index (χ2n) is 7.13. The summed E-state index contributed by atoms with van der Waals surface area (Å²) >= 11 is 0. The van der Waals surface area contributed by atoms with Crippen molar-refractivity contribution in [1.82, 2.24) is 9.55 Å². The van der Waals surface area contributed by atoms with Crippen molar-refractivity contribution >= 4 is 38.1 Å². The molecule has 0 saturated heterocycles. The number of anilines is 1. The minimum absolute atomic E-state index is 0.00579. The lowest BCUT2D eigenvalue weighted by Gasteiger charge is -2.18. The predicted octanol–water partition coefficient (Wildman–Crippen LogP) is 1.90. The quantitative estimate of drug-likeness (QED) is 0.323. The zero-order chi connectivity index (χ0) is 22.3. The van der Waals surface area contributed by atoms with E-state index in [1.54, 1.807) is 25.1 Å². The molecule has 2 heterocycles. The molecule has 4 rings (SSSR count). The highest BCUT2D eigenvalue weighted by molar-refractivity contribution is 7.92. The van der Waals surface area contributed by atoms with E-state index in [1.165, 1.54) is 28.8 Å². The largest absolute Gasteiger partial charge is 0.292 e. The fraction of sp³-hybridized carbons (Fsp3) is 0.250. The van der Waals surface area contributed by atoms with E-state index in [-0.39, 0.29) is 34.7 Å². The lowest BCUT2D eigenvalue weighted by Crippen LogP contribution is -2.30. The Morgan fingerprint density at radius 2 is 2.00 bits per heavy atom. The average Bonchev–Trinajstić information content (AvgIpc) is 3.19. The van der Waals surface area contributed by atoms with Gasteiger partial charge in [0.15, 0.2) is 5.78 Å². The first-order valence-corrected chi connectivity index (χ1v) is 11.1. The summed E-state index contributed by atoms with van der Waals surface area (Å²) in [5.41, 5.74) is 1.23. The van der Waals surface area contributed by atoms with E-state index in [4.69, 9.17) is 0 Å². The summed E-state index contributed by atoms with van der Waals surface area (Å²) in [6.07, 6.45) is 1.70. The smallest absolute Gasteiger partial charge is 0.271 e. The number of nitro benzene ring substituents is 1. The number of benzene rings is 2. The molecule has 3 aromatic rings. The molecule has 0 fully saturated rings. The maximum absolute atomic E-state index is 12.8. The zero-order valence-corrected chi connectivity index (χ0v) is 17.3. The van der Waals surface area contributed by atoms with Gasteiger partial charge in [0.1, 0.15) is 0 Å². The number of rotatable bonds is 6. The van der Waals surface area contributed by atoms with Crippen LogP contribution in [0.4, 0.5) is 11.4 Å². The lowest BCUT2D eigenvalue weighted by molar-refractivity contribution is -0.384. The lowest BCUT2D eigenvalue weighted by atomic mass is 10.1. The number of ketones is 1. The number of sulfonamides is 1. The number of carbonyl (C=O) groups excluding carboxylic acids is 1. The molecule has 0 bridgehead atoms. The third-order valence-electron chi connectivity index (χ3n) is 5.29. The standard InChI is InChI=1S/C20H18N4O6S/c1-2-31(29,30)23-8-7-13-9-14(3-6-18(13)23)19(25)11-22-12-21-17-10-15(24(27)28)4-5-16(17)20(22)26/h3-6,9-10,12H,2,7-8,11H2,1H3. The van der Waals surface area contributed by atoms with Gasteiger partial charge >= 0.3 is 0 Å². The van der Waals surface area contributed by atoms with Crippen LogP contribution in [0.2, 0.25) is 0 Å². The molecular weight excluding hydrogens is 424 g/mol. The van der Waals surface area contributed by atoms with Gasteiger partial charge in [0.05, 0.1) is 40.1 Å². The topological polar surface area (TPSA) is 132 Å². The molecule has 0 radical (unpaired) electrons. The van der Waals surface area contributed by atoms with Crippen LogP contribution in [0.15, 0.2) is 47.5 Å². The van der Waals surface area contributed by atoms with E-state index in [0.29, 0.717) is 24.2 Å². The number of fused-ring (bicyclic) bond motifs is 2. The molecule has 1 aliphatic rings. The molecule has 1 aromatic heterocycles. The number of nitrogens with zero attached hydrogens (tertiary/aromatic N) is 4. The summed E-state index contributed by atoms with van der Waals surface area (Å²) in [5, 5.41) is 11.1. The maximum Gasteiger partial charge on any atom is 0.271 e. The van der Waals surface area contributed by atoms with E-state index in [2.05, 4.69) is 4.98 Å². The molecule has 0 spiro atoms. The molecule has 0 atom stereocenters. The highest BCUT2D eigenvalue weighted by Gasteiger charge is 2.28. The van der Waals surface area contributed by atoms with Crippen molar-refractivity contribution in [3.05, 3.63) is 74.3 Å². The van der Waals surface area contributed by atoms with Crippen LogP contribution in [0.1, 0.15) is 22.8 Å².